The molecule has 10 aromatic rings. The molecule has 0 aliphatic heterocycles. The van der Waals surface area contributed by atoms with Crippen LogP contribution in [0.5, 0.6) is 0 Å². The SMILES string of the molecule is [B]c1c([B])c([B])c(-c2ccccc2N(c2ccc3c(c2)C(C)(C)c2ccccc2-3)c2ccc3c(c2)C2(c4ccccc4-c4ccc(N(c5ccccc5)c5ccccc5)cc42)c2ccccc2-3)c([B])c1[B]. The van der Waals surface area contributed by atoms with Gasteiger partial charge in [-0.15, -0.1) is 16.4 Å². The molecule has 1 atom stereocenters. The summed E-state index contributed by atoms with van der Waals surface area (Å²) >= 11 is 0. The van der Waals surface area contributed by atoms with Gasteiger partial charge in [0.15, 0.2) is 0 Å². The van der Waals surface area contributed by atoms with Crippen LogP contribution in [0.4, 0.5) is 34.1 Å². The van der Waals surface area contributed by atoms with Crippen molar-refractivity contribution in [2.24, 2.45) is 0 Å². The molecule has 0 bridgehead atoms. The molecule has 0 saturated heterocycles. The van der Waals surface area contributed by atoms with Crippen LogP contribution in [0.2, 0.25) is 0 Å². The summed E-state index contributed by atoms with van der Waals surface area (Å²) < 4.78 is 0. The molecule has 3 aliphatic rings. The van der Waals surface area contributed by atoms with Crippen LogP contribution in [-0.4, -0.2) is 39.2 Å². The van der Waals surface area contributed by atoms with E-state index in [4.69, 9.17) is 39.2 Å². The standard InChI is InChI=1S/C64H41B5N2/c1-63(2)50-25-13-9-21-43(50)46-32-30-41(35-53(46)63)71(56-28-16-12-24-49(56)57-58(65)60(67)62(69)61(68)59(57)66)42-31-34-48-45-23-11-15-27-52(45)64(55(48)37-42)51-26-14-10-22-44(51)47-33-29-40(36-54(47)64)70(38-17-5-3-6-18-38)39-19-7-4-8-20-39/h3-37H,1-2H3. The van der Waals surface area contributed by atoms with Crippen molar-refractivity contribution < 1.29 is 0 Å². The molecule has 10 aromatic carbocycles. The number of anilines is 6. The maximum atomic E-state index is 6.93. The van der Waals surface area contributed by atoms with Crippen LogP contribution in [0.1, 0.15) is 47.2 Å². The van der Waals surface area contributed by atoms with Gasteiger partial charge in [0.25, 0.3) is 0 Å². The molecule has 1 spiro atoms. The fourth-order valence-corrected chi connectivity index (χ4v) is 12.3. The zero-order valence-electron chi connectivity index (χ0n) is 39.5. The van der Waals surface area contributed by atoms with Crippen LogP contribution >= 0.6 is 0 Å². The molecule has 0 amide bonds. The van der Waals surface area contributed by atoms with Crippen molar-refractivity contribution in [1.29, 1.82) is 0 Å². The lowest BCUT2D eigenvalue weighted by Crippen LogP contribution is -2.55. The van der Waals surface area contributed by atoms with E-state index in [1.165, 1.54) is 66.8 Å². The Kier molecular flexibility index (Phi) is 9.78. The molecule has 0 fully saturated rings. The largest absolute Gasteiger partial charge is 0.310 e. The Balaban J connectivity index is 1.09. The highest BCUT2D eigenvalue weighted by Crippen LogP contribution is 2.64. The Morgan fingerprint density at radius 1 is 0.282 bits per heavy atom. The molecular weight excluding hydrogens is 851 g/mol. The van der Waals surface area contributed by atoms with Crippen molar-refractivity contribution in [3.05, 3.63) is 246 Å². The second kappa shape index (κ2) is 16.1. The summed E-state index contributed by atoms with van der Waals surface area (Å²) in [6.45, 7) is 4.63. The minimum atomic E-state index is -0.676. The number of para-hydroxylation sites is 3. The van der Waals surface area contributed by atoms with Crippen molar-refractivity contribution in [3.8, 4) is 44.5 Å². The minimum absolute atomic E-state index is 0.179. The van der Waals surface area contributed by atoms with E-state index >= 15 is 0 Å². The van der Waals surface area contributed by atoms with Crippen LogP contribution in [0.3, 0.4) is 0 Å². The second-order valence-corrected chi connectivity index (χ2v) is 19.5. The summed E-state index contributed by atoms with van der Waals surface area (Å²) in [5.41, 5.74) is 22.4. The average molecular weight is 892 g/mol. The van der Waals surface area contributed by atoms with Crippen LogP contribution in [-0.2, 0) is 10.8 Å². The van der Waals surface area contributed by atoms with Gasteiger partial charge in [-0.2, -0.15) is 0 Å². The van der Waals surface area contributed by atoms with E-state index in [2.05, 4.69) is 224 Å². The summed E-state index contributed by atoms with van der Waals surface area (Å²) in [5, 5.41) is 0. The first-order chi connectivity index (χ1) is 34.6. The highest BCUT2D eigenvalue weighted by atomic mass is 15.1. The lowest BCUT2D eigenvalue weighted by Gasteiger charge is -2.34. The van der Waals surface area contributed by atoms with Gasteiger partial charge in [0.2, 0.25) is 0 Å². The minimum Gasteiger partial charge on any atom is -0.310 e. The molecule has 0 aromatic heterocycles. The molecule has 10 radical (unpaired) electrons. The molecule has 13 rings (SSSR count). The van der Waals surface area contributed by atoms with Gasteiger partial charge in [0, 0.05) is 39.4 Å². The predicted molar refractivity (Wildman–Crippen MR) is 302 cm³/mol. The van der Waals surface area contributed by atoms with Crippen LogP contribution in [0.25, 0.3) is 44.5 Å². The van der Waals surface area contributed by atoms with Crippen LogP contribution in [0.15, 0.2) is 212 Å². The van der Waals surface area contributed by atoms with E-state index in [-0.39, 0.29) is 32.7 Å². The first kappa shape index (κ1) is 43.2. The monoisotopic (exact) mass is 892 g/mol. The molecule has 2 nitrogen and oxygen atoms in total. The van der Waals surface area contributed by atoms with Gasteiger partial charge in [0.05, 0.1) is 11.1 Å². The maximum Gasteiger partial charge on any atom is 0.113 e. The number of hydrogen-bond donors (Lipinski definition) is 0. The predicted octanol–water partition coefficient (Wildman–Crippen LogP) is 10.9. The van der Waals surface area contributed by atoms with E-state index in [0.717, 1.165) is 39.7 Å². The first-order valence-corrected chi connectivity index (χ1v) is 24.1. The van der Waals surface area contributed by atoms with Gasteiger partial charge in [-0.25, -0.2) is 0 Å². The highest BCUT2D eigenvalue weighted by molar-refractivity contribution is 6.68. The fraction of sp³-hybridized carbons (Fsp3) is 0.0625. The molecule has 7 heteroatoms. The number of rotatable bonds is 7. The van der Waals surface area contributed by atoms with Gasteiger partial charge in [-0.1, -0.05) is 170 Å². The molecule has 71 heavy (non-hydrogen) atoms. The Morgan fingerprint density at radius 3 is 1.14 bits per heavy atom. The molecule has 0 N–H and O–H groups in total. The number of nitrogens with zero attached hydrogens (tertiary/aromatic N) is 2. The summed E-state index contributed by atoms with van der Waals surface area (Å²) in [5.74, 6) is 0. The van der Waals surface area contributed by atoms with Crippen molar-refractivity contribution in [3.63, 3.8) is 0 Å². The smallest absolute Gasteiger partial charge is 0.113 e. The van der Waals surface area contributed by atoms with Gasteiger partial charge < -0.3 is 9.80 Å². The molecule has 3 aliphatic carbocycles. The van der Waals surface area contributed by atoms with Crippen molar-refractivity contribution in [2.75, 3.05) is 9.80 Å². The van der Waals surface area contributed by atoms with Gasteiger partial charge >= 0.3 is 0 Å². The number of hydrogen-bond acceptors (Lipinski definition) is 2. The Labute approximate surface area is 423 Å². The highest BCUT2D eigenvalue weighted by Gasteiger charge is 2.52. The van der Waals surface area contributed by atoms with Gasteiger partial charge in [0.1, 0.15) is 39.2 Å². The van der Waals surface area contributed by atoms with Crippen molar-refractivity contribution in [2.45, 2.75) is 24.7 Å². The lowest BCUT2D eigenvalue weighted by molar-refractivity contribution is 0.660. The van der Waals surface area contributed by atoms with Crippen molar-refractivity contribution >= 4 is 101 Å². The zero-order valence-corrected chi connectivity index (χ0v) is 39.5. The maximum absolute atomic E-state index is 6.93. The third kappa shape index (κ3) is 6.15. The van der Waals surface area contributed by atoms with Crippen LogP contribution in [0, 0.1) is 0 Å². The van der Waals surface area contributed by atoms with E-state index < -0.39 is 5.41 Å². The third-order valence-corrected chi connectivity index (χ3v) is 15.5. The Morgan fingerprint density at radius 2 is 0.634 bits per heavy atom. The summed E-state index contributed by atoms with van der Waals surface area (Å²) in [6.07, 6.45) is 0. The lowest BCUT2D eigenvalue weighted by atomic mass is 9.59. The molecule has 322 valence electrons. The fourth-order valence-electron chi connectivity index (χ4n) is 12.3. The molecule has 0 heterocycles. The number of benzene rings is 10. The quantitative estimate of drug-likeness (QED) is 0.147. The summed E-state index contributed by atoms with van der Waals surface area (Å²) in [4.78, 5) is 4.70. The topological polar surface area (TPSA) is 6.48 Å². The van der Waals surface area contributed by atoms with Gasteiger partial charge in [-0.3, -0.25) is 0 Å². The number of fused-ring (bicyclic) bond motifs is 13. The Bertz CT molecular complexity index is 3750. The first-order valence-electron chi connectivity index (χ1n) is 24.1. The van der Waals surface area contributed by atoms with Crippen LogP contribution < -0.4 is 37.1 Å². The summed E-state index contributed by atoms with van der Waals surface area (Å²) in [7, 11) is 33.5. The van der Waals surface area contributed by atoms with E-state index in [0.29, 0.717) is 5.56 Å². The molecular formula is C64H41B5N2. The Hall–Kier alpha value is -7.88. The average Bonchev–Trinajstić information content (AvgIpc) is 3.97. The third-order valence-electron chi connectivity index (χ3n) is 15.5. The second-order valence-electron chi connectivity index (χ2n) is 19.5. The molecule has 0 saturated carbocycles. The normalized spacial score (nSPS) is 15.1. The summed E-state index contributed by atoms with van der Waals surface area (Å²) in [6, 6.07) is 77.0. The zero-order chi connectivity index (χ0) is 48.3. The van der Waals surface area contributed by atoms with E-state index in [1.807, 2.05) is 12.1 Å². The molecule has 1 unspecified atom stereocenters. The van der Waals surface area contributed by atoms with E-state index in [9.17, 15) is 0 Å². The van der Waals surface area contributed by atoms with Crippen molar-refractivity contribution in [1.82, 2.24) is 0 Å². The van der Waals surface area contributed by atoms with E-state index in [1.54, 1.807) is 0 Å². The van der Waals surface area contributed by atoms with Gasteiger partial charge in [-0.05, 0) is 139 Å².